The van der Waals surface area contributed by atoms with E-state index >= 15 is 0 Å². The first kappa shape index (κ1) is 14.0. The lowest BCUT2D eigenvalue weighted by molar-refractivity contribution is -0.117. The second-order valence-corrected chi connectivity index (χ2v) is 6.56. The molecular weight excluding hydrogens is 284 g/mol. The molecule has 0 aromatic carbocycles. The van der Waals surface area contributed by atoms with Gasteiger partial charge in [-0.25, -0.2) is 0 Å². The van der Waals surface area contributed by atoms with Crippen molar-refractivity contribution in [2.45, 2.75) is 39.3 Å². The number of nitrogens with zero attached hydrogens (tertiary/aromatic N) is 3. The molecule has 1 unspecified atom stereocenters. The number of carbonyl (C=O) groups excluding carboxylic acids is 1. The third-order valence-corrected chi connectivity index (χ3v) is 4.51. The van der Waals surface area contributed by atoms with E-state index in [9.17, 15) is 4.79 Å². The number of aromatic nitrogens is 3. The molecule has 3 rings (SSSR count). The van der Waals surface area contributed by atoms with Crippen LogP contribution >= 0.6 is 11.3 Å². The van der Waals surface area contributed by atoms with Crippen molar-refractivity contribution in [3.05, 3.63) is 39.6 Å². The molecule has 0 saturated carbocycles. The van der Waals surface area contributed by atoms with Crippen LogP contribution in [0.25, 0.3) is 6.08 Å². The number of carbonyl (C=O) groups is 1. The number of rotatable bonds is 4. The Morgan fingerprint density at radius 2 is 2.33 bits per heavy atom. The van der Waals surface area contributed by atoms with E-state index in [2.05, 4.69) is 27.0 Å². The molecule has 0 radical (unpaired) electrons. The van der Waals surface area contributed by atoms with Crippen molar-refractivity contribution in [3.8, 4) is 0 Å². The molecule has 2 aromatic heterocycles. The predicted molar refractivity (Wildman–Crippen MR) is 83.0 cm³/mol. The molecule has 0 spiro atoms. The van der Waals surface area contributed by atoms with Gasteiger partial charge < -0.3 is 9.88 Å². The Bertz CT molecular complexity index is 686. The van der Waals surface area contributed by atoms with Gasteiger partial charge in [0.25, 0.3) is 0 Å². The van der Waals surface area contributed by atoms with Gasteiger partial charge in [-0.2, -0.15) is 0 Å². The molecule has 0 fully saturated rings. The number of fused-ring (bicyclic) bond motifs is 1. The molecule has 1 amide bonds. The molecule has 21 heavy (non-hydrogen) atoms. The Kier molecular flexibility index (Phi) is 3.88. The molecule has 6 heteroatoms. The van der Waals surface area contributed by atoms with Gasteiger partial charge >= 0.3 is 0 Å². The van der Waals surface area contributed by atoms with Crippen LogP contribution in [-0.4, -0.2) is 20.7 Å². The van der Waals surface area contributed by atoms with E-state index in [1.807, 2.05) is 25.1 Å². The van der Waals surface area contributed by atoms with Crippen LogP contribution in [0, 0.1) is 6.92 Å². The lowest BCUT2D eigenvalue weighted by Gasteiger charge is -2.12. The van der Waals surface area contributed by atoms with E-state index in [4.69, 9.17) is 0 Å². The first-order valence-electron chi connectivity index (χ1n) is 7.10. The van der Waals surface area contributed by atoms with E-state index in [1.165, 1.54) is 4.88 Å². The first-order valence-corrected chi connectivity index (χ1v) is 7.92. The minimum absolute atomic E-state index is 0.107. The lowest BCUT2D eigenvalue weighted by atomic mass is 10.3. The second kappa shape index (κ2) is 5.81. The summed E-state index contributed by atoms with van der Waals surface area (Å²) in [5.74, 6) is 1.76. The molecule has 3 heterocycles. The minimum atomic E-state index is -0.133. The van der Waals surface area contributed by atoms with Gasteiger partial charge in [-0.05, 0) is 38.5 Å². The van der Waals surface area contributed by atoms with E-state index < -0.39 is 0 Å². The Morgan fingerprint density at radius 1 is 1.48 bits per heavy atom. The summed E-state index contributed by atoms with van der Waals surface area (Å²) in [5.41, 5.74) is 0. The lowest BCUT2D eigenvalue weighted by Crippen LogP contribution is -2.27. The van der Waals surface area contributed by atoms with Gasteiger partial charge in [0.2, 0.25) is 5.91 Å². The first-order chi connectivity index (χ1) is 10.1. The molecule has 2 aromatic rings. The number of hydrogen-bond donors (Lipinski definition) is 1. The molecule has 5 nitrogen and oxygen atoms in total. The van der Waals surface area contributed by atoms with Gasteiger partial charge in [-0.1, -0.05) is 0 Å². The van der Waals surface area contributed by atoms with Crippen LogP contribution in [0.5, 0.6) is 0 Å². The zero-order valence-electron chi connectivity index (χ0n) is 12.2. The second-order valence-electron chi connectivity index (χ2n) is 5.24. The molecule has 1 atom stereocenters. The normalized spacial score (nSPS) is 15.3. The summed E-state index contributed by atoms with van der Waals surface area (Å²) in [4.78, 5) is 14.3. The monoisotopic (exact) mass is 302 g/mol. The average Bonchev–Trinajstić information content (AvgIpc) is 3.11. The van der Waals surface area contributed by atoms with Crippen LogP contribution in [0.3, 0.4) is 0 Å². The standard InChI is InChI=1S/C15H18N4OS/c1-10-5-6-12(21-10)7-8-14(20)16-11(2)15-18-17-13-4-3-9-19(13)15/h5-8,11H,3-4,9H2,1-2H3,(H,16,20). The van der Waals surface area contributed by atoms with Crippen LogP contribution < -0.4 is 5.32 Å². The van der Waals surface area contributed by atoms with Gasteiger partial charge in [0.15, 0.2) is 5.82 Å². The Morgan fingerprint density at radius 3 is 3.10 bits per heavy atom. The van der Waals surface area contributed by atoms with Gasteiger partial charge in [0.05, 0.1) is 6.04 Å². The van der Waals surface area contributed by atoms with E-state index in [0.717, 1.165) is 35.9 Å². The predicted octanol–water partition coefficient (Wildman–Crippen LogP) is 2.48. The zero-order valence-corrected chi connectivity index (χ0v) is 13.0. The van der Waals surface area contributed by atoms with Gasteiger partial charge in [0, 0.05) is 28.8 Å². The van der Waals surface area contributed by atoms with E-state index in [1.54, 1.807) is 17.4 Å². The number of nitrogens with one attached hydrogen (secondary N) is 1. The van der Waals surface area contributed by atoms with Crippen LogP contribution in [-0.2, 0) is 17.8 Å². The number of hydrogen-bond acceptors (Lipinski definition) is 4. The summed E-state index contributed by atoms with van der Waals surface area (Å²) >= 11 is 1.67. The Hall–Kier alpha value is -1.95. The highest BCUT2D eigenvalue weighted by atomic mass is 32.1. The highest BCUT2D eigenvalue weighted by molar-refractivity contribution is 7.12. The third-order valence-electron chi connectivity index (χ3n) is 3.54. The Labute approximate surface area is 127 Å². The maximum Gasteiger partial charge on any atom is 0.244 e. The summed E-state index contributed by atoms with van der Waals surface area (Å²) in [7, 11) is 0. The van der Waals surface area contributed by atoms with Crippen LogP contribution in [0.1, 0.15) is 40.8 Å². The molecule has 1 aliphatic heterocycles. The SMILES string of the molecule is Cc1ccc(C=CC(=O)NC(C)c2nnc3n2CCC3)s1. The van der Waals surface area contributed by atoms with Crippen molar-refractivity contribution in [3.63, 3.8) is 0 Å². The summed E-state index contributed by atoms with van der Waals surface area (Å²) in [5, 5.41) is 11.3. The number of thiophene rings is 1. The summed E-state index contributed by atoms with van der Waals surface area (Å²) in [6.45, 7) is 4.94. The van der Waals surface area contributed by atoms with Crippen molar-refractivity contribution in [1.29, 1.82) is 0 Å². The average molecular weight is 302 g/mol. The molecule has 0 aliphatic carbocycles. The molecule has 1 aliphatic rings. The van der Waals surface area contributed by atoms with Gasteiger partial charge in [-0.15, -0.1) is 21.5 Å². The smallest absolute Gasteiger partial charge is 0.244 e. The molecule has 0 saturated heterocycles. The molecular formula is C15H18N4OS. The summed E-state index contributed by atoms with van der Waals surface area (Å²) in [6.07, 6.45) is 5.50. The van der Waals surface area contributed by atoms with Crippen molar-refractivity contribution >= 4 is 23.3 Å². The molecule has 0 bridgehead atoms. The fourth-order valence-electron chi connectivity index (χ4n) is 2.52. The highest BCUT2D eigenvalue weighted by Crippen LogP contribution is 2.19. The minimum Gasteiger partial charge on any atom is -0.343 e. The van der Waals surface area contributed by atoms with Crippen LogP contribution in [0.2, 0.25) is 0 Å². The number of aryl methyl sites for hydroxylation is 2. The van der Waals surface area contributed by atoms with Gasteiger partial charge in [0.1, 0.15) is 5.82 Å². The van der Waals surface area contributed by atoms with Crippen molar-refractivity contribution in [2.24, 2.45) is 0 Å². The maximum absolute atomic E-state index is 12.0. The molecule has 1 N–H and O–H groups in total. The largest absolute Gasteiger partial charge is 0.343 e. The van der Waals surface area contributed by atoms with Gasteiger partial charge in [-0.3, -0.25) is 4.79 Å². The topological polar surface area (TPSA) is 59.8 Å². The summed E-state index contributed by atoms with van der Waals surface area (Å²) < 4.78 is 2.11. The highest BCUT2D eigenvalue weighted by Gasteiger charge is 2.21. The van der Waals surface area contributed by atoms with E-state index in [-0.39, 0.29) is 11.9 Å². The van der Waals surface area contributed by atoms with Crippen molar-refractivity contribution in [1.82, 2.24) is 20.1 Å². The fourth-order valence-corrected chi connectivity index (χ4v) is 3.30. The van der Waals surface area contributed by atoms with E-state index in [0.29, 0.717) is 0 Å². The maximum atomic E-state index is 12.0. The van der Waals surface area contributed by atoms with Crippen LogP contribution in [0.4, 0.5) is 0 Å². The van der Waals surface area contributed by atoms with Crippen molar-refractivity contribution < 1.29 is 4.79 Å². The third kappa shape index (κ3) is 3.05. The summed E-state index contributed by atoms with van der Waals surface area (Å²) in [6, 6.07) is 3.93. The molecule has 110 valence electrons. The van der Waals surface area contributed by atoms with Crippen LogP contribution in [0.15, 0.2) is 18.2 Å². The number of amides is 1. The quantitative estimate of drug-likeness (QED) is 0.883. The fraction of sp³-hybridized carbons (Fsp3) is 0.400. The van der Waals surface area contributed by atoms with Crippen molar-refractivity contribution in [2.75, 3.05) is 0 Å². The zero-order chi connectivity index (χ0) is 14.8. The Balaban J connectivity index is 1.63.